The lowest BCUT2D eigenvalue weighted by atomic mass is 10.0. The Morgan fingerprint density at radius 3 is 2.07 bits per heavy atom. The maximum Gasteiger partial charge on any atom is 0.416 e. The van der Waals surface area contributed by atoms with E-state index in [1.165, 1.54) is 31.3 Å². The van der Waals surface area contributed by atoms with Gasteiger partial charge < -0.3 is 55.0 Å². The number of aliphatic imine (C=N–C) groups is 1. The number of nitrogens with zero attached hydrogens (tertiary/aromatic N) is 4. The van der Waals surface area contributed by atoms with Gasteiger partial charge in [-0.15, -0.1) is 0 Å². The van der Waals surface area contributed by atoms with Crippen LogP contribution in [-0.4, -0.2) is 109 Å². The van der Waals surface area contributed by atoms with Crippen molar-refractivity contribution in [3.8, 4) is 23.0 Å². The lowest BCUT2D eigenvalue weighted by Gasteiger charge is -2.31. The van der Waals surface area contributed by atoms with E-state index >= 15 is 0 Å². The van der Waals surface area contributed by atoms with Gasteiger partial charge in [0.1, 0.15) is 12.6 Å². The molecule has 0 saturated heterocycles. The van der Waals surface area contributed by atoms with Crippen LogP contribution in [0.3, 0.4) is 0 Å². The summed E-state index contributed by atoms with van der Waals surface area (Å²) in [6.45, 7) is 9.02. The minimum absolute atomic E-state index is 0.0485. The van der Waals surface area contributed by atoms with E-state index in [9.17, 15) is 29.1 Å². The van der Waals surface area contributed by atoms with E-state index in [1.807, 2.05) is 58.2 Å². The highest BCUT2D eigenvalue weighted by Crippen LogP contribution is 2.43. The molecule has 69 heavy (non-hydrogen) atoms. The van der Waals surface area contributed by atoms with Crippen LogP contribution in [0.5, 0.6) is 23.0 Å². The Labute approximate surface area is 401 Å². The minimum Gasteiger partial charge on any atom is -0.493 e. The second kappa shape index (κ2) is 21.7. The number of aliphatic hydroxyl groups excluding tert-OH is 1. The molecule has 3 aromatic carbocycles. The average molecular weight is 946 g/mol. The van der Waals surface area contributed by atoms with Gasteiger partial charge in [-0.2, -0.15) is 0 Å². The first kappa shape index (κ1) is 49.5. The van der Waals surface area contributed by atoms with Crippen LogP contribution in [0.2, 0.25) is 0 Å². The van der Waals surface area contributed by atoms with Crippen molar-refractivity contribution < 1.29 is 52.8 Å². The van der Waals surface area contributed by atoms with Crippen molar-refractivity contribution in [2.75, 3.05) is 37.7 Å². The van der Waals surface area contributed by atoms with Crippen molar-refractivity contribution in [2.24, 2.45) is 16.6 Å². The largest absolute Gasteiger partial charge is 0.493 e. The van der Waals surface area contributed by atoms with Gasteiger partial charge in [0.25, 0.3) is 11.8 Å². The number of hydrogen-bond donors (Lipinski definition) is 4. The number of rotatable bonds is 17. The van der Waals surface area contributed by atoms with Crippen LogP contribution in [0.1, 0.15) is 80.2 Å². The van der Waals surface area contributed by atoms with Crippen molar-refractivity contribution in [1.82, 2.24) is 15.1 Å². The summed E-state index contributed by atoms with van der Waals surface area (Å²) in [5, 5.41) is 17.3. The second-order valence-corrected chi connectivity index (χ2v) is 17.3. The fourth-order valence-electron chi connectivity index (χ4n) is 8.28. The van der Waals surface area contributed by atoms with Crippen LogP contribution >= 0.6 is 0 Å². The number of allylic oxidation sites excluding steroid dienone is 4. The number of carbonyl (C=O) groups is 5. The number of nitrogens with one attached hydrogen (secondary N) is 2. The molecule has 0 radical (unpaired) electrons. The molecule has 3 aromatic rings. The van der Waals surface area contributed by atoms with E-state index in [1.54, 1.807) is 60.6 Å². The number of aliphatic hydroxyl groups is 1. The van der Waals surface area contributed by atoms with Gasteiger partial charge in [-0.1, -0.05) is 50.3 Å². The summed E-state index contributed by atoms with van der Waals surface area (Å²) < 4.78 is 29.4. The van der Waals surface area contributed by atoms with Gasteiger partial charge in [0.2, 0.25) is 11.8 Å². The lowest BCUT2D eigenvalue weighted by Crippen LogP contribution is -2.50. The third-order valence-electron chi connectivity index (χ3n) is 12.1. The highest BCUT2D eigenvalue weighted by molar-refractivity contribution is 6.07. The topological polar surface area (TPSA) is 224 Å². The molecule has 364 valence electrons. The van der Waals surface area contributed by atoms with Gasteiger partial charge in [-0.25, -0.2) is 9.69 Å². The van der Waals surface area contributed by atoms with Crippen LogP contribution in [0.25, 0.3) is 0 Å². The third-order valence-corrected chi connectivity index (χ3v) is 12.1. The normalized spacial score (nSPS) is 19.2. The maximum absolute atomic E-state index is 14.3. The average Bonchev–Trinajstić information content (AvgIpc) is 3.91. The van der Waals surface area contributed by atoms with E-state index in [0.29, 0.717) is 46.8 Å². The molecule has 4 aliphatic heterocycles. The smallest absolute Gasteiger partial charge is 0.416 e. The Bertz CT molecular complexity index is 2620. The zero-order valence-electron chi connectivity index (χ0n) is 39.8. The predicted octanol–water partition coefficient (Wildman–Crippen LogP) is 6.52. The molecule has 0 spiro atoms. The molecule has 18 heteroatoms. The number of nitrogens with two attached hydrogens (primary N) is 1. The van der Waals surface area contributed by atoms with Gasteiger partial charge in [-0.3, -0.25) is 24.2 Å². The standard InChI is InChI=1S/C51H59N7O11/c1-8-11-32-19-35-25-53-38-23-43(41(65-6)21-36(38)48(61)56(35)26-32)67-17-10-18-68-44-24-39-37(22-42(44)66-7)49(62)57-27-33(12-9-2)20-40(57)50(63)58(39)51(64)69-28-31-13-15-34(16-14-31)55-46(59)30(5)54-47(60)45(52)29(3)4/h8-9,11-16,21-27,29-30,35,40,45,50,63H,10,17-20,28,52H2,1-7H3,(H,54,60)(H,55,59)/b11-8+,12-9+/t30-,35-,40?,45-,50-/m0/s1. The fourth-order valence-corrected chi connectivity index (χ4v) is 8.28. The molecule has 0 saturated carbocycles. The zero-order valence-corrected chi connectivity index (χ0v) is 39.8. The van der Waals surface area contributed by atoms with Crippen LogP contribution in [0.4, 0.5) is 21.9 Å². The van der Waals surface area contributed by atoms with Crippen molar-refractivity contribution in [3.05, 3.63) is 113 Å². The summed E-state index contributed by atoms with van der Waals surface area (Å²) in [5.74, 6) is -0.460. The Balaban J connectivity index is 1.04. The van der Waals surface area contributed by atoms with Crippen molar-refractivity contribution in [2.45, 2.75) is 90.9 Å². The van der Waals surface area contributed by atoms with Crippen molar-refractivity contribution >= 4 is 53.0 Å². The molecular weight excluding hydrogens is 887 g/mol. The van der Waals surface area contributed by atoms with Gasteiger partial charge in [0.15, 0.2) is 29.2 Å². The first-order valence-electron chi connectivity index (χ1n) is 22.8. The van der Waals surface area contributed by atoms with Gasteiger partial charge >= 0.3 is 6.09 Å². The van der Waals surface area contributed by atoms with Gasteiger partial charge in [0.05, 0.1) is 68.1 Å². The van der Waals surface area contributed by atoms with Crippen LogP contribution < -0.4 is 40.2 Å². The van der Waals surface area contributed by atoms with Crippen LogP contribution in [0, 0.1) is 5.92 Å². The van der Waals surface area contributed by atoms with E-state index in [2.05, 4.69) is 15.6 Å². The lowest BCUT2D eigenvalue weighted by molar-refractivity contribution is -0.127. The van der Waals surface area contributed by atoms with Gasteiger partial charge in [-0.05, 0) is 80.5 Å². The maximum atomic E-state index is 14.3. The quantitative estimate of drug-likeness (QED) is 0.106. The number of hydrogen-bond acceptors (Lipinski definition) is 13. The molecule has 18 nitrogen and oxygen atoms in total. The van der Waals surface area contributed by atoms with Gasteiger partial charge in [0, 0.05) is 42.9 Å². The number of amides is 5. The summed E-state index contributed by atoms with van der Waals surface area (Å²) in [6, 6.07) is 10.2. The first-order valence-corrected chi connectivity index (χ1v) is 22.8. The minimum atomic E-state index is -1.54. The van der Waals surface area contributed by atoms with E-state index in [0.717, 1.165) is 16.0 Å². The summed E-state index contributed by atoms with van der Waals surface area (Å²) >= 11 is 0. The van der Waals surface area contributed by atoms with E-state index in [4.69, 9.17) is 29.4 Å². The highest BCUT2D eigenvalue weighted by atomic mass is 16.6. The second-order valence-electron chi connectivity index (χ2n) is 17.3. The Morgan fingerprint density at radius 2 is 1.43 bits per heavy atom. The molecule has 5 N–H and O–H groups in total. The summed E-state index contributed by atoms with van der Waals surface area (Å²) in [4.78, 5) is 76.0. The number of methoxy groups -OCH3 is 2. The summed E-state index contributed by atoms with van der Waals surface area (Å²) in [7, 11) is 2.93. The summed E-state index contributed by atoms with van der Waals surface area (Å²) in [5.41, 5.74) is 9.72. The zero-order chi connectivity index (χ0) is 49.5. The molecule has 5 atom stereocenters. The molecule has 0 bridgehead atoms. The predicted molar refractivity (Wildman–Crippen MR) is 259 cm³/mol. The number of benzene rings is 3. The molecule has 0 aromatic heterocycles. The number of fused-ring (bicyclic) bond motifs is 4. The van der Waals surface area contributed by atoms with Crippen molar-refractivity contribution in [3.63, 3.8) is 0 Å². The SMILES string of the molecule is C/C=C/C1=CN2C(=O)c3cc(OC)c(OCCCOc4cc5c(cc4OC)C(=O)N4C=C(/C=C/C)C[C@H]4C=N5)cc3N(C(=O)OCc3ccc(NC(=O)[C@H](C)NC(=O)[C@@H](N)C(C)C)cc3)[C@@H](O)C2C1. The molecular formula is C51H59N7O11. The molecule has 4 heterocycles. The molecule has 1 unspecified atom stereocenters. The number of ether oxygens (including phenoxy) is 5. The summed E-state index contributed by atoms with van der Waals surface area (Å²) in [6.07, 6.45) is 11.7. The Morgan fingerprint density at radius 1 is 0.826 bits per heavy atom. The fraction of sp³-hybridized carbons (Fsp3) is 0.373. The third kappa shape index (κ3) is 10.8. The van der Waals surface area contributed by atoms with E-state index < -0.39 is 48.2 Å². The Hall–Kier alpha value is -7.44. The monoisotopic (exact) mass is 945 g/mol. The molecule has 4 aliphatic rings. The molecule has 0 aliphatic carbocycles. The Kier molecular flexibility index (Phi) is 15.5. The van der Waals surface area contributed by atoms with Crippen LogP contribution in [-0.2, 0) is 20.9 Å². The molecule has 0 fully saturated rings. The molecule has 7 rings (SSSR count). The van der Waals surface area contributed by atoms with E-state index in [-0.39, 0.29) is 66.9 Å². The molecule has 5 amide bonds. The van der Waals surface area contributed by atoms with Crippen molar-refractivity contribution in [1.29, 1.82) is 0 Å². The van der Waals surface area contributed by atoms with Crippen LogP contribution in [0.15, 0.2) is 101 Å². The first-order chi connectivity index (χ1) is 33.1. The highest BCUT2D eigenvalue weighted by Gasteiger charge is 2.45. The number of carbonyl (C=O) groups excluding carboxylic acids is 5. The number of anilines is 2.